The molecule has 0 aliphatic heterocycles. The highest BCUT2D eigenvalue weighted by atomic mass is 15.1. The van der Waals surface area contributed by atoms with E-state index in [2.05, 4.69) is 71.1 Å². The molecule has 1 atom stereocenters. The monoisotopic (exact) mass is 262 g/mol. The van der Waals surface area contributed by atoms with Gasteiger partial charge in [-0.3, -0.25) is 0 Å². The molecule has 1 aromatic rings. The van der Waals surface area contributed by atoms with Crippen molar-refractivity contribution in [1.82, 2.24) is 10.2 Å². The van der Waals surface area contributed by atoms with Gasteiger partial charge in [-0.15, -0.1) is 0 Å². The molecule has 0 aliphatic carbocycles. The van der Waals surface area contributed by atoms with Gasteiger partial charge in [-0.05, 0) is 63.0 Å². The molecular weight excluding hydrogens is 232 g/mol. The molecule has 2 heteroatoms. The van der Waals surface area contributed by atoms with Crippen molar-refractivity contribution in [2.24, 2.45) is 5.92 Å². The molecule has 0 spiro atoms. The normalized spacial score (nSPS) is 13.3. The van der Waals surface area contributed by atoms with Crippen LogP contribution < -0.4 is 5.32 Å². The average Bonchev–Trinajstić information content (AvgIpc) is 2.29. The number of likely N-dealkylation sites (N-methyl/N-ethyl adjacent to an activating group) is 1. The molecule has 1 rings (SSSR count). The third kappa shape index (κ3) is 4.63. The van der Waals surface area contributed by atoms with E-state index in [1.807, 2.05) is 0 Å². The predicted molar refractivity (Wildman–Crippen MR) is 84.7 cm³/mol. The van der Waals surface area contributed by atoms with E-state index in [0.717, 1.165) is 13.1 Å². The Bertz CT molecular complexity index is 400. The van der Waals surface area contributed by atoms with Gasteiger partial charge in [0.1, 0.15) is 0 Å². The number of aryl methyl sites for hydroxylation is 3. The third-order valence-electron chi connectivity index (χ3n) is 4.05. The Labute approximate surface area is 119 Å². The van der Waals surface area contributed by atoms with E-state index < -0.39 is 0 Å². The van der Waals surface area contributed by atoms with Crippen LogP contribution in [0.2, 0.25) is 0 Å². The first kappa shape index (κ1) is 16.2. The fourth-order valence-electron chi connectivity index (χ4n) is 2.58. The van der Waals surface area contributed by atoms with Crippen molar-refractivity contribution >= 4 is 0 Å². The number of nitrogens with one attached hydrogen (secondary N) is 1. The van der Waals surface area contributed by atoms with E-state index >= 15 is 0 Å². The van der Waals surface area contributed by atoms with Gasteiger partial charge in [-0.2, -0.15) is 0 Å². The molecule has 0 saturated heterocycles. The Hall–Kier alpha value is -0.860. The van der Waals surface area contributed by atoms with Gasteiger partial charge in [0.2, 0.25) is 0 Å². The molecule has 1 aromatic carbocycles. The number of nitrogens with zero attached hydrogens (tertiary/aromatic N) is 1. The minimum atomic E-state index is 0.590. The highest BCUT2D eigenvalue weighted by Gasteiger charge is 2.15. The second-order valence-corrected chi connectivity index (χ2v) is 6.27. The summed E-state index contributed by atoms with van der Waals surface area (Å²) >= 11 is 0. The quantitative estimate of drug-likeness (QED) is 0.846. The van der Waals surface area contributed by atoms with Crippen LogP contribution in [0.5, 0.6) is 0 Å². The van der Waals surface area contributed by atoms with E-state index in [-0.39, 0.29) is 0 Å². The van der Waals surface area contributed by atoms with Crippen LogP contribution in [-0.2, 0) is 6.54 Å². The van der Waals surface area contributed by atoms with Crippen molar-refractivity contribution in [2.45, 2.75) is 47.2 Å². The smallest absolute Gasteiger partial charge is 0.0237 e. The van der Waals surface area contributed by atoms with Gasteiger partial charge in [-0.1, -0.05) is 26.0 Å². The second-order valence-electron chi connectivity index (χ2n) is 6.27. The maximum Gasteiger partial charge on any atom is 0.0237 e. The van der Waals surface area contributed by atoms with E-state index in [9.17, 15) is 0 Å². The van der Waals surface area contributed by atoms with Crippen LogP contribution in [0.3, 0.4) is 0 Å². The molecule has 0 aliphatic rings. The lowest BCUT2D eigenvalue weighted by Crippen LogP contribution is -2.41. The molecule has 0 radical (unpaired) electrons. The van der Waals surface area contributed by atoms with Crippen molar-refractivity contribution in [3.05, 3.63) is 34.4 Å². The van der Waals surface area contributed by atoms with Gasteiger partial charge < -0.3 is 10.2 Å². The lowest BCUT2D eigenvalue weighted by molar-refractivity contribution is 0.224. The summed E-state index contributed by atoms with van der Waals surface area (Å²) in [4.78, 5) is 2.31. The van der Waals surface area contributed by atoms with Gasteiger partial charge in [0, 0.05) is 19.1 Å². The largest absolute Gasteiger partial charge is 0.311 e. The Balaban J connectivity index is 2.60. The summed E-state index contributed by atoms with van der Waals surface area (Å²) < 4.78 is 0. The van der Waals surface area contributed by atoms with Crippen LogP contribution in [0, 0.1) is 26.7 Å². The van der Waals surface area contributed by atoms with Gasteiger partial charge >= 0.3 is 0 Å². The van der Waals surface area contributed by atoms with Gasteiger partial charge in [-0.25, -0.2) is 0 Å². The molecule has 0 heterocycles. The molecule has 19 heavy (non-hydrogen) atoms. The maximum atomic E-state index is 3.61. The molecule has 1 N–H and O–H groups in total. The van der Waals surface area contributed by atoms with Crippen LogP contribution in [0.15, 0.2) is 12.1 Å². The minimum absolute atomic E-state index is 0.590. The molecule has 0 fully saturated rings. The highest BCUT2D eigenvalue weighted by Crippen LogP contribution is 2.15. The number of hydrogen-bond donors (Lipinski definition) is 1. The molecule has 0 aromatic heterocycles. The van der Waals surface area contributed by atoms with E-state index in [4.69, 9.17) is 0 Å². The zero-order chi connectivity index (χ0) is 14.6. The van der Waals surface area contributed by atoms with Crippen LogP contribution in [0.25, 0.3) is 0 Å². The summed E-state index contributed by atoms with van der Waals surface area (Å²) in [6.07, 6.45) is 0. The first-order valence-corrected chi connectivity index (χ1v) is 7.26. The summed E-state index contributed by atoms with van der Waals surface area (Å²) in [5, 5.41) is 3.61. The van der Waals surface area contributed by atoms with E-state index in [1.165, 1.54) is 22.3 Å². The summed E-state index contributed by atoms with van der Waals surface area (Å²) in [5.74, 6) is 0.670. The fraction of sp³-hybridized carbons (Fsp3) is 0.647. The lowest BCUT2D eigenvalue weighted by Gasteiger charge is -2.28. The predicted octanol–water partition coefficient (Wildman–Crippen LogP) is 3.29. The average molecular weight is 262 g/mol. The standard InChI is InChI=1S/C17H30N2/c1-12(2)17(19(6)7)11-18-10-16-9-14(4)13(3)8-15(16)5/h8-9,12,17-18H,10-11H2,1-7H3. The molecule has 2 nitrogen and oxygen atoms in total. The van der Waals surface area contributed by atoms with Crippen molar-refractivity contribution in [3.63, 3.8) is 0 Å². The van der Waals surface area contributed by atoms with E-state index in [1.54, 1.807) is 0 Å². The highest BCUT2D eigenvalue weighted by molar-refractivity contribution is 5.36. The first-order valence-electron chi connectivity index (χ1n) is 7.26. The maximum absolute atomic E-state index is 3.61. The lowest BCUT2D eigenvalue weighted by atomic mass is 10.00. The van der Waals surface area contributed by atoms with Gasteiger partial charge in [0.25, 0.3) is 0 Å². The summed E-state index contributed by atoms with van der Waals surface area (Å²) in [6.45, 7) is 13.1. The minimum Gasteiger partial charge on any atom is -0.311 e. The van der Waals surface area contributed by atoms with Crippen molar-refractivity contribution < 1.29 is 0 Å². The van der Waals surface area contributed by atoms with E-state index in [0.29, 0.717) is 12.0 Å². The Morgan fingerprint density at radius 2 is 1.58 bits per heavy atom. The molecule has 1 unspecified atom stereocenters. The molecule has 0 bridgehead atoms. The first-order chi connectivity index (χ1) is 8.82. The molecule has 0 saturated carbocycles. The SMILES string of the molecule is Cc1cc(C)c(CNCC(C(C)C)N(C)C)cc1C. The molecular formula is C17H30N2. The summed E-state index contributed by atoms with van der Waals surface area (Å²) in [6, 6.07) is 5.20. The van der Waals surface area contributed by atoms with Crippen molar-refractivity contribution in [1.29, 1.82) is 0 Å². The Morgan fingerprint density at radius 1 is 1.00 bits per heavy atom. The van der Waals surface area contributed by atoms with Crippen LogP contribution >= 0.6 is 0 Å². The number of rotatable bonds is 6. The zero-order valence-corrected chi connectivity index (χ0v) is 13.7. The number of hydrogen-bond acceptors (Lipinski definition) is 2. The fourth-order valence-corrected chi connectivity index (χ4v) is 2.58. The summed E-state index contributed by atoms with van der Waals surface area (Å²) in [5.41, 5.74) is 5.58. The van der Waals surface area contributed by atoms with Gasteiger partial charge in [0.15, 0.2) is 0 Å². The number of benzene rings is 1. The third-order valence-corrected chi connectivity index (χ3v) is 4.05. The zero-order valence-electron chi connectivity index (χ0n) is 13.7. The van der Waals surface area contributed by atoms with Crippen LogP contribution in [0.4, 0.5) is 0 Å². The molecule has 0 amide bonds. The molecule has 108 valence electrons. The summed E-state index contributed by atoms with van der Waals surface area (Å²) in [7, 11) is 4.32. The van der Waals surface area contributed by atoms with Gasteiger partial charge in [0.05, 0.1) is 0 Å². The Morgan fingerprint density at radius 3 is 2.11 bits per heavy atom. The van der Waals surface area contributed by atoms with Crippen molar-refractivity contribution in [2.75, 3.05) is 20.6 Å². The topological polar surface area (TPSA) is 15.3 Å². The van der Waals surface area contributed by atoms with Crippen LogP contribution in [0.1, 0.15) is 36.1 Å². The second kappa shape index (κ2) is 7.06. The van der Waals surface area contributed by atoms with Crippen LogP contribution in [-0.4, -0.2) is 31.6 Å². The Kier molecular flexibility index (Phi) is 6.02. The van der Waals surface area contributed by atoms with Crippen molar-refractivity contribution in [3.8, 4) is 0 Å².